The van der Waals surface area contributed by atoms with Crippen molar-refractivity contribution in [3.63, 3.8) is 0 Å². The summed E-state index contributed by atoms with van der Waals surface area (Å²) < 4.78 is 33.2. The van der Waals surface area contributed by atoms with Crippen LogP contribution < -0.4 is 4.72 Å². The lowest BCUT2D eigenvalue weighted by Crippen LogP contribution is -2.14. The molecule has 2 aromatic rings. The van der Waals surface area contributed by atoms with Crippen LogP contribution in [0.5, 0.6) is 5.75 Å². The first kappa shape index (κ1) is 16.8. The Morgan fingerprint density at radius 2 is 2.17 bits per heavy atom. The standard InChI is InChI=1S/C13H15N3O6S/c1-22-5-4-16-8-10(7-14-16)15-23(20,21)12-6-9(13(18)19)2-3-11(12)17/h2-3,6-8,15,17H,4-5H2,1H3,(H,18,19). The van der Waals surface area contributed by atoms with Crippen LogP contribution in [-0.4, -0.2) is 48.1 Å². The molecule has 0 fully saturated rings. The van der Waals surface area contributed by atoms with E-state index in [4.69, 9.17) is 9.84 Å². The van der Waals surface area contributed by atoms with Gasteiger partial charge >= 0.3 is 5.97 Å². The van der Waals surface area contributed by atoms with Crippen LogP contribution in [-0.2, 0) is 21.3 Å². The number of hydrogen-bond acceptors (Lipinski definition) is 6. The van der Waals surface area contributed by atoms with E-state index in [2.05, 4.69) is 9.82 Å². The Balaban J connectivity index is 2.26. The number of sulfonamides is 1. The van der Waals surface area contributed by atoms with Crippen molar-refractivity contribution in [3.8, 4) is 5.75 Å². The Morgan fingerprint density at radius 1 is 1.43 bits per heavy atom. The average molecular weight is 341 g/mol. The predicted molar refractivity (Wildman–Crippen MR) is 80.0 cm³/mol. The van der Waals surface area contributed by atoms with Crippen LogP contribution in [0, 0.1) is 0 Å². The molecule has 2 rings (SSSR count). The van der Waals surface area contributed by atoms with E-state index < -0.39 is 26.6 Å². The second-order valence-corrected chi connectivity index (χ2v) is 6.23. The number of nitrogens with zero attached hydrogens (tertiary/aromatic N) is 2. The number of nitrogens with one attached hydrogen (secondary N) is 1. The third kappa shape index (κ3) is 3.99. The molecule has 10 heteroatoms. The molecule has 0 saturated heterocycles. The summed E-state index contributed by atoms with van der Waals surface area (Å²) in [6, 6.07) is 3.01. The number of benzene rings is 1. The summed E-state index contributed by atoms with van der Waals surface area (Å²) in [6.45, 7) is 0.854. The summed E-state index contributed by atoms with van der Waals surface area (Å²) in [6.07, 6.45) is 2.75. The largest absolute Gasteiger partial charge is 0.507 e. The quantitative estimate of drug-likeness (QED) is 0.676. The zero-order valence-corrected chi connectivity index (χ0v) is 12.9. The number of aromatic hydroxyl groups is 1. The van der Waals surface area contributed by atoms with Crippen LogP contribution in [0.25, 0.3) is 0 Å². The fourth-order valence-electron chi connectivity index (χ4n) is 1.80. The Bertz CT molecular complexity index is 815. The van der Waals surface area contributed by atoms with Crippen molar-refractivity contribution < 1.29 is 28.2 Å². The number of methoxy groups -OCH3 is 1. The normalized spacial score (nSPS) is 11.3. The molecule has 3 N–H and O–H groups in total. The number of carboxylic acid groups (broad SMARTS) is 1. The van der Waals surface area contributed by atoms with Crippen molar-refractivity contribution in [2.75, 3.05) is 18.4 Å². The van der Waals surface area contributed by atoms with Gasteiger partial charge in [0, 0.05) is 13.3 Å². The molecule has 0 spiro atoms. The molecule has 0 saturated carbocycles. The van der Waals surface area contributed by atoms with Crippen molar-refractivity contribution in [3.05, 3.63) is 36.2 Å². The zero-order valence-electron chi connectivity index (χ0n) is 12.1. The van der Waals surface area contributed by atoms with Crippen LogP contribution in [0.15, 0.2) is 35.5 Å². The van der Waals surface area contributed by atoms with E-state index in [9.17, 15) is 18.3 Å². The van der Waals surface area contributed by atoms with E-state index in [1.54, 1.807) is 0 Å². The number of rotatable bonds is 7. The molecule has 1 aromatic heterocycles. The maximum atomic E-state index is 12.3. The number of aromatic nitrogens is 2. The SMILES string of the molecule is COCCn1cc(NS(=O)(=O)c2cc(C(=O)O)ccc2O)cn1. The van der Waals surface area contributed by atoms with Gasteiger partial charge in [0.1, 0.15) is 10.6 Å². The van der Waals surface area contributed by atoms with Gasteiger partial charge in [0.2, 0.25) is 0 Å². The molecule has 1 heterocycles. The third-order valence-corrected chi connectivity index (χ3v) is 4.32. The van der Waals surface area contributed by atoms with Crippen LogP contribution in [0.2, 0.25) is 0 Å². The van der Waals surface area contributed by atoms with Crippen molar-refractivity contribution >= 4 is 21.7 Å². The summed E-state index contributed by atoms with van der Waals surface area (Å²) in [4.78, 5) is 10.4. The average Bonchev–Trinajstić information content (AvgIpc) is 2.91. The smallest absolute Gasteiger partial charge is 0.335 e. The highest BCUT2D eigenvalue weighted by Gasteiger charge is 2.21. The van der Waals surface area contributed by atoms with E-state index in [0.29, 0.717) is 13.2 Å². The number of hydrogen-bond donors (Lipinski definition) is 3. The fraction of sp³-hybridized carbons (Fsp3) is 0.231. The van der Waals surface area contributed by atoms with Crippen molar-refractivity contribution in [1.82, 2.24) is 9.78 Å². The van der Waals surface area contributed by atoms with Crippen LogP contribution in [0.4, 0.5) is 5.69 Å². The Labute approximate surface area is 132 Å². The zero-order chi connectivity index (χ0) is 17.0. The Kier molecular flexibility index (Phi) is 4.86. The molecule has 0 aliphatic heterocycles. The molecular formula is C13H15N3O6S. The summed E-state index contributed by atoms with van der Waals surface area (Å²) in [5.41, 5.74) is -0.0693. The summed E-state index contributed by atoms with van der Waals surface area (Å²) in [5, 5.41) is 22.6. The molecule has 0 radical (unpaired) electrons. The minimum atomic E-state index is -4.16. The molecule has 0 aliphatic rings. The minimum absolute atomic E-state index is 0.182. The Morgan fingerprint density at radius 3 is 2.83 bits per heavy atom. The van der Waals surface area contributed by atoms with Gasteiger partial charge in [-0.2, -0.15) is 5.10 Å². The maximum absolute atomic E-state index is 12.3. The van der Waals surface area contributed by atoms with Gasteiger partial charge < -0.3 is 14.9 Å². The number of phenolic OH excluding ortho intramolecular Hbond substituents is 1. The number of phenols is 1. The van der Waals surface area contributed by atoms with Gasteiger partial charge in [-0.25, -0.2) is 13.2 Å². The first-order valence-corrected chi connectivity index (χ1v) is 7.92. The molecule has 23 heavy (non-hydrogen) atoms. The van der Waals surface area contributed by atoms with E-state index in [1.165, 1.54) is 24.2 Å². The fourth-order valence-corrected chi connectivity index (χ4v) is 2.95. The molecule has 0 aliphatic carbocycles. The lowest BCUT2D eigenvalue weighted by molar-refractivity contribution is 0.0696. The summed E-state index contributed by atoms with van der Waals surface area (Å²) in [5.74, 6) is -1.84. The van der Waals surface area contributed by atoms with Crippen molar-refractivity contribution in [1.29, 1.82) is 0 Å². The number of aromatic carboxylic acids is 1. The summed E-state index contributed by atoms with van der Waals surface area (Å²) >= 11 is 0. The highest BCUT2D eigenvalue weighted by Crippen LogP contribution is 2.25. The van der Waals surface area contributed by atoms with Crippen LogP contribution in [0.3, 0.4) is 0 Å². The molecule has 0 atom stereocenters. The lowest BCUT2D eigenvalue weighted by Gasteiger charge is -2.08. The van der Waals surface area contributed by atoms with Gasteiger partial charge in [-0.1, -0.05) is 0 Å². The topological polar surface area (TPSA) is 131 Å². The first-order chi connectivity index (χ1) is 10.8. The van der Waals surface area contributed by atoms with Gasteiger partial charge in [-0.05, 0) is 18.2 Å². The van der Waals surface area contributed by atoms with E-state index in [0.717, 1.165) is 18.2 Å². The molecule has 124 valence electrons. The van der Waals surface area contributed by atoms with E-state index in [1.807, 2.05) is 0 Å². The van der Waals surface area contributed by atoms with Gasteiger partial charge in [0.05, 0.1) is 30.6 Å². The molecule has 9 nitrogen and oxygen atoms in total. The van der Waals surface area contributed by atoms with Gasteiger partial charge in [-0.15, -0.1) is 0 Å². The van der Waals surface area contributed by atoms with Crippen molar-refractivity contribution in [2.24, 2.45) is 0 Å². The molecular weight excluding hydrogens is 326 g/mol. The second kappa shape index (κ2) is 6.67. The molecule has 1 aromatic carbocycles. The Hall–Kier alpha value is -2.59. The number of carbonyl (C=O) groups is 1. The number of anilines is 1. The third-order valence-electron chi connectivity index (χ3n) is 2.91. The van der Waals surface area contributed by atoms with Gasteiger partial charge in [0.15, 0.2) is 0 Å². The van der Waals surface area contributed by atoms with Crippen LogP contribution >= 0.6 is 0 Å². The molecule has 0 bridgehead atoms. The summed E-state index contributed by atoms with van der Waals surface area (Å²) in [7, 11) is -2.62. The predicted octanol–water partition coefficient (Wildman–Crippen LogP) is 0.734. The van der Waals surface area contributed by atoms with E-state index >= 15 is 0 Å². The van der Waals surface area contributed by atoms with Gasteiger partial charge in [-0.3, -0.25) is 9.40 Å². The first-order valence-electron chi connectivity index (χ1n) is 6.44. The number of ether oxygens (including phenoxy) is 1. The molecule has 0 unspecified atom stereocenters. The molecule has 0 amide bonds. The highest BCUT2D eigenvalue weighted by molar-refractivity contribution is 7.92. The van der Waals surface area contributed by atoms with Gasteiger partial charge in [0.25, 0.3) is 10.0 Å². The van der Waals surface area contributed by atoms with Crippen molar-refractivity contribution in [2.45, 2.75) is 11.4 Å². The maximum Gasteiger partial charge on any atom is 0.335 e. The second-order valence-electron chi connectivity index (χ2n) is 4.58. The minimum Gasteiger partial charge on any atom is -0.507 e. The van der Waals surface area contributed by atoms with Crippen LogP contribution in [0.1, 0.15) is 10.4 Å². The lowest BCUT2D eigenvalue weighted by atomic mass is 10.2. The van der Waals surface area contributed by atoms with E-state index in [-0.39, 0.29) is 11.3 Å². The number of carboxylic acids is 1. The monoisotopic (exact) mass is 341 g/mol. The highest BCUT2D eigenvalue weighted by atomic mass is 32.2.